The van der Waals surface area contributed by atoms with E-state index in [1.165, 1.54) is 28.6 Å². The van der Waals surface area contributed by atoms with Crippen LogP contribution in [0, 0.1) is 5.82 Å². The molecule has 0 spiro atoms. The molecule has 0 saturated heterocycles. The second-order valence-corrected chi connectivity index (χ2v) is 6.22. The summed E-state index contributed by atoms with van der Waals surface area (Å²) in [6.45, 7) is 8.78. The summed E-state index contributed by atoms with van der Waals surface area (Å²) >= 11 is 0. The number of likely N-dealkylation sites (N-methyl/N-ethyl adjacent to an activating group) is 1. The van der Waals surface area contributed by atoms with Gasteiger partial charge >= 0.3 is 0 Å². The Balaban J connectivity index is 3.14. The van der Waals surface area contributed by atoms with E-state index in [1.807, 2.05) is 6.92 Å². The number of hydrogen-bond donors (Lipinski definition) is 1. The van der Waals surface area contributed by atoms with E-state index in [1.54, 1.807) is 6.92 Å². The highest BCUT2D eigenvalue weighted by Gasteiger charge is 2.22. The van der Waals surface area contributed by atoms with Gasteiger partial charge in [0, 0.05) is 25.2 Å². The second kappa shape index (κ2) is 7.52. The third-order valence-corrected chi connectivity index (χ3v) is 4.84. The van der Waals surface area contributed by atoms with Crippen molar-refractivity contribution in [2.45, 2.75) is 25.3 Å². The van der Waals surface area contributed by atoms with Crippen molar-refractivity contribution in [3.8, 4) is 0 Å². The molecule has 6 heteroatoms. The smallest absolute Gasteiger partial charge is 0.243 e. The zero-order valence-electron chi connectivity index (χ0n) is 11.9. The Labute approximate surface area is 120 Å². The van der Waals surface area contributed by atoms with Crippen LogP contribution in [-0.4, -0.2) is 32.4 Å². The van der Waals surface area contributed by atoms with Gasteiger partial charge in [-0.1, -0.05) is 19.9 Å². The lowest BCUT2D eigenvalue weighted by atomic mass is 10.2. The average molecular weight is 300 g/mol. The standard InChI is InChI=1S/C14H21FN2O2S/c1-4-9-17(6-3)20(18,19)13-7-8-14(15)12(10-13)11-16-5-2/h4,7-8,10,16H,1,5-6,9,11H2,2-3H3. The predicted octanol–water partition coefficient (Wildman–Crippen LogP) is 2.13. The largest absolute Gasteiger partial charge is 0.313 e. The monoisotopic (exact) mass is 300 g/mol. The van der Waals surface area contributed by atoms with Crippen LogP contribution in [0.1, 0.15) is 19.4 Å². The van der Waals surface area contributed by atoms with Crippen LogP contribution in [0.2, 0.25) is 0 Å². The third-order valence-electron chi connectivity index (χ3n) is 2.91. The summed E-state index contributed by atoms with van der Waals surface area (Å²) in [6.07, 6.45) is 1.53. The van der Waals surface area contributed by atoms with Crippen LogP contribution in [-0.2, 0) is 16.6 Å². The van der Waals surface area contributed by atoms with Gasteiger partial charge in [0.05, 0.1) is 4.90 Å². The Morgan fingerprint density at radius 1 is 1.40 bits per heavy atom. The summed E-state index contributed by atoms with van der Waals surface area (Å²) in [5.74, 6) is -0.406. The Kier molecular flexibility index (Phi) is 6.32. The number of hydrogen-bond acceptors (Lipinski definition) is 3. The van der Waals surface area contributed by atoms with Crippen molar-refractivity contribution in [2.24, 2.45) is 0 Å². The summed E-state index contributed by atoms with van der Waals surface area (Å²) in [5.41, 5.74) is 0.350. The van der Waals surface area contributed by atoms with E-state index < -0.39 is 15.8 Å². The van der Waals surface area contributed by atoms with Crippen molar-refractivity contribution >= 4 is 10.0 Å². The van der Waals surface area contributed by atoms with Gasteiger partial charge in [-0.05, 0) is 24.7 Å². The maximum atomic E-state index is 13.6. The number of halogens is 1. The van der Waals surface area contributed by atoms with Gasteiger partial charge in [0.1, 0.15) is 5.82 Å². The molecule has 1 N–H and O–H groups in total. The van der Waals surface area contributed by atoms with Gasteiger partial charge in [0.2, 0.25) is 10.0 Å². The third kappa shape index (κ3) is 3.88. The lowest BCUT2D eigenvalue weighted by molar-refractivity contribution is 0.459. The Hall–Kier alpha value is -1.24. The highest BCUT2D eigenvalue weighted by molar-refractivity contribution is 7.89. The van der Waals surface area contributed by atoms with E-state index in [0.717, 1.165) is 0 Å². The maximum absolute atomic E-state index is 13.6. The molecule has 0 radical (unpaired) electrons. The number of benzene rings is 1. The van der Waals surface area contributed by atoms with Crippen LogP contribution in [0.4, 0.5) is 4.39 Å². The fraction of sp³-hybridized carbons (Fsp3) is 0.429. The van der Waals surface area contributed by atoms with Gasteiger partial charge < -0.3 is 5.32 Å². The summed E-state index contributed by atoms with van der Waals surface area (Å²) in [6, 6.07) is 3.88. The molecule has 0 heterocycles. The van der Waals surface area contributed by atoms with E-state index in [4.69, 9.17) is 0 Å². The van der Waals surface area contributed by atoms with Crippen LogP contribution in [0.25, 0.3) is 0 Å². The van der Waals surface area contributed by atoms with E-state index >= 15 is 0 Å². The second-order valence-electron chi connectivity index (χ2n) is 4.28. The van der Waals surface area contributed by atoms with Gasteiger partial charge in [-0.15, -0.1) is 6.58 Å². The van der Waals surface area contributed by atoms with Gasteiger partial charge in [0.15, 0.2) is 0 Å². The molecule has 20 heavy (non-hydrogen) atoms. The Bertz CT molecular complexity index is 558. The summed E-state index contributed by atoms with van der Waals surface area (Å²) in [7, 11) is -3.61. The first kappa shape index (κ1) is 16.8. The van der Waals surface area contributed by atoms with Crippen LogP contribution in [0.15, 0.2) is 35.7 Å². The number of rotatable bonds is 8. The van der Waals surface area contributed by atoms with E-state index in [9.17, 15) is 12.8 Å². The lowest BCUT2D eigenvalue weighted by Crippen LogP contribution is -2.31. The minimum atomic E-state index is -3.61. The van der Waals surface area contributed by atoms with Crippen LogP contribution < -0.4 is 5.32 Å². The first-order valence-electron chi connectivity index (χ1n) is 6.57. The average Bonchev–Trinajstić information content (AvgIpc) is 2.43. The summed E-state index contributed by atoms with van der Waals surface area (Å²) < 4.78 is 39.8. The number of nitrogens with one attached hydrogen (secondary N) is 1. The fourth-order valence-corrected chi connectivity index (χ4v) is 3.27. The zero-order chi connectivity index (χ0) is 15.2. The molecule has 0 amide bonds. The molecule has 0 atom stereocenters. The molecule has 0 aromatic heterocycles. The fourth-order valence-electron chi connectivity index (χ4n) is 1.80. The summed E-state index contributed by atoms with van der Waals surface area (Å²) in [4.78, 5) is 0.107. The van der Waals surface area contributed by atoms with Crippen LogP contribution >= 0.6 is 0 Å². The van der Waals surface area contributed by atoms with E-state index in [-0.39, 0.29) is 11.4 Å². The van der Waals surface area contributed by atoms with E-state index in [0.29, 0.717) is 25.2 Å². The van der Waals surface area contributed by atoms with Gasteiger partial charge in [-0.25, -0.2) is 12.8 Å². The van der Waals surface area contributed by atoms with Crippen molar-refractivity contribution in [1.29, 1.82) is 0 Å². The maximum Gasteiger partial charge on any atom is 0.243 e. The molecule has 0 bridgehead atoms. The van der Waals surface area contributed by atoms with Crippen molar-refractivity contribution < 1.29 is 12.8 Å². The van der Waals surface area contributed by atoms with Crippen molar-refractivity contribution in [3.05, 3.63) is 42.2 Å². The van der Waals surface area contributed by atoms with Crippen molar-refractivity contribution in [3.63, 3.8) is 0 Å². The van der Waals surface area contributed by atoms with Gasteiger partial charge in [0.25, 0.3) is 0 Å². The molecule has 1 rings (SSSR count). The normalized spacial score (nSPS) is 11.8. The zero-order valence-corrected chi connectivity index (χ0v) is 12.7. The molecule has 0 aliphatic heterocycles. The van der Waals surface area contributed by atoms with E-state index in [2.05, 4.69) is 11.9 Å². The molecular formula is C14H21FN2O2S. The van der Waals surface area contributed by atoms with Gasteiger partial charge in [-0.3, -0.25) is 0 Å². The van der Waals surface area contributed by atoms with Crippen LogP contribution in [0.5, 0.6) is 0 Å². The summed E-state index contributed by atoms with van der Waals surface area (Å²) in [5, 5.41) is 2.99. The van der Waals surface area contributed by atoms with Crippen LogP contribution in [0.3, 0.4) is 0 Å². The van der Waals surface area contributed by atoms with Crippen molar-refractivity contribution in [1.82, 2.24) is 9.62 Å². The topological polar surface area (TPSA) is 49.4 Å². The Morgan fingerprint density at radius 2 is 2.10 bits per heavy atom. The quantitative estimate of drug-likeness (QED) is 0.748. The Morgan fingerprint density at radius 3 is 2.65 bits per heavy atom. The first-order valence-corrected chi connectivity index (χ1v) is 8.01. The highest BCUT2D eigenvalue weighted by atomic mass is 32.2. The molecule has 1 aromatic carbocycles. The molecule has 0 aliphatic rings. The lowest BCUT2D eigenvalue weighted by Gasteiger charge is -2.19. The molecule has 112 valence electrons. The SMILES string of the molecule is C=CCN(CC)S(=O)(=O)c1ccc(F)c(CNCC)c1. The predicted molar refractivity (Wildman–Crippen MR) is 78.4 cm³/mol. The minimum absolute atomic E-state index is 0.107. The molecule has 4 nitrogen and oxygen atoms in total. The molecule has 0 fully saturated rings. The van der Waals surface area contributed by atoms with Gasteiger partial charge in [-0.2, -0.15) is 4.31 Å². The first-order chi connectivity index (χ1) is 9.47. The molecule has 0 saturated carbocycles. The van der Waals surface area contributed by atoms with Crippen molar-refractivity contribution in [2.75, 3.05) is 19.6 Å². The molecule has 0 unspecified atom stereocenters. The number of sulfonamides is 1. The highest BCUT2D eigenvalue weighted by Crippen LogP contribution is 2.19. The molecule has 0 aliphatic carbocycles. The number of nitrogens with zero attached hydrogens (tertiary/aromatic N) is 1. The molecule has 1 aromatic rings. The minimum Gasteiger partial charge on any atom is -0.313 e. The molecular weight excluding hydrogens is 279 g/mol.